The van der Waals surface area contributed by atoms with Gasteiger partial charge in [0.1, 0.15) is 0 Å². The second-order valence-corrected chi connectivity index (χ2v) is 5.95. The number of nitrogens with one attached hydrogen (secondary N) is 2. The summed E-state index contributed by atoms with van der Waals surface area (Å²) in [5, 5.41) is 6.42. The van der Waals surface area contributed by atoms with Crippen LogP contribution in [0.4, 0.5) is 0 Å². The Morgan fingerprint density at radius 1 is 1.00 bits per heavy atom. The molecule has 0 aromatic heterocycles. The molecule has 0 spiro atoms. The zero-order chi connectivity index (χ0) is 15.1. The number of carbonyl (C=O) groups is 1. The summed E-state index contributed by atoms with van der Waals surface area (Å²) in [6.45, 7) is 4.59. The molecule has 3 nitrogen and oxygen atoms in total. The van der Waals surface area contributed by atoms with Crippen LogP contribution in [0, 0.1) is 11.8 Å². The Morgan fingerprint density at radius 2 is 1.57 bits per heavy atom. The van der Waals surface area contributed by atoms with Gasteiger partial charge in [0.2, 0.25) is 5.91 Å². The number of rotatable bonds is 6. The van der Waals surface area contributed by atoms with Crippen LogP contribution in [0.3, 0.4) is 0 Å². The first kappa shape index (κ1) is 15.8. The molecule has 0 aromatic rings. The van der Waals surface area contributed by atoms with Crippen LogP contribution < -0.4 is 10.6 Å². The van der Waals surface area contributed by atoms with E-state index in [9.17, 15) is 4.79 Å². The van der Waals surface area contributed by atoms with E-state index in [-0.39, 0.29) is 11.9 Å². The van der Waals surface area contributed by atoms with Crippen LogP contribution in [-0.4, -0.2) is 24.5 Å². The van der Waals surface area contributed by atoms with E-state index < -0.39 is 0 Å². The van der Waals surface area contributed by atoms with Gasteiger partial charge in [-0.1, -0.05) is 48.6 Å². The van der Waals surface area contributed by atoms with Gasteiger partial charge in [0.05, 0.1) is 6.54 Å². The zero-order valence-electron chi connectivity index (χ0n) is 13.0. The van der Waals surface area contributed by atoms with Crippen LogP contribution in [0.2, 0.25) is 0 Å². The second-order valence-electron chi connectivity index (χ2n) is 5.95. The predicted octanol–water partition coefficient (Wildman–Crippen LogP) is 2.73. The Bertz CT molecular complexity index is 462. The maximum atomic E-state index is 12.0. The van der Waals surface area contributed by atoms with Gasteiger partial charge in [-0.2, -0.15) is 0 Å². The van der Waals surface area contributed by atoms with E-state index >= 15 is 0 Å². The quantitative estimate of drug-likeness (QED) is 0.788. The van der Waals surface area contributed by atoms with Gasteiger partial charge < -0.3 is 10.6 Å². The van der Waals surface area contributed by atoms with Gasteiger partial charge in [0.25, 0.3) is 0 Å². The highest BCUT2D eigenvalue weighted by Gasteiger charge is 2.18. The first-order chi connectivity index (χ1) is 10.2. The highest BCUT2D eigenvalue weighted by molar-refractivity contribution is 5.78. The number of carbonyl (C=O) groups excluding carboxylic acids is 1. The monoisotopic (exact) mass is 286 g/mol. The first-order valence-corrected chi connectivity index (χ1v) is 7.86. The molecule has 4 atom stereocenters. The average Bonchev–Trinajstić information content (AvgIpc) is 2.54. The van der Waals surface area contributed by atoms with E-state index in [1.54, 1.807) is 0 Å². The number of hydrogen-bond donors (Lipinski definition) is 2. The lowest BCUT2D eigenvalue weighted by Crippen LogP contribution is -2.45. The molecule has 0 fully saturated rings. The van der Waals surface area contributed by atoms with Crippen molar-refractivity contribution in [1.29, 1.82) is 0 Å². The molecule has 114 valence electrons. The molecule has 21 heavy (non-hydrogen) atoms. The molecule has 3 heteroatoms. The van der Waals surface area contributed by atoms with Crippen molar-refractivity contribution >= 4 is 5.91 Å². The Morgan fingerprint density at radius 3 is 2.10 bits per heavy atom. The van der Waals surface area contributed by atoms with Crippen LogP contribution >= 0.6 is 0 Å². The van der Waals surface area contributed by atoms with Gasteiger partial charge in [-0.05, 0) is 32.6 Å². The van der Waals surface area contributed by atoms with Crippen molar-refractivity contribution in [3.8, 4) is 0 Å². The molecule has 0 aromatic carbocycles. The van der Waals surface area contributed by atoms with E-state index in [0.29, 0.717) is 24.4 Å². The number of hydrogen-bond acceptors (Lipinski definition) is 2. The molecule has 2 rings (SSSR count). The summed E-state index contributed by atoms with van der Waals surface area (Å²) in [6, 6.07) is 0.484. The highest BCUT2D eigenvalue weighted by Crippen LogP contribution is 2.16. The van der Waals surface area contributed by atoms with Gasteiger partial charge in [-0.25, -0.2) is 0 Å². The summed E-state index contributed by atoms with van der Waals surface area (Å²) >= 11 is 0. The fourth-order valence-corrected chi connectivity index (χ4v) is 2.76. The fourth-order valence-electron chi connectivity index (χ4n) is 2.76. The van der Waals surface area contributed by atoms with Crippen molar-refractivity contribution in [3.05, 3.63) is 48.6 Å². The van der Waals surface area contributed by atoms with Crippen molar-refractivity contribution in [3.63, 3.8) is 0 Å². The lowest BCUT2D eigenvalue weighted by atomic mass is 9.93. The smallest absolute Gasteiger partial charge is 0.234 e. The third-order valence-corrected chi connectivity index (χ3v) is 4.29. The van der Waals surface area contributed by atoms with Crippen molar-refractivity contribution < 1.29 is 4.79 Å². The minimum absolute atomic E-state index is 0.0765. The normalized spacial score (nSPS) is 26.6. The third-order valence-electron chi connectivity index (χ3n) is 4.29. The summed E-state index contributed by atoms with van der Waals surface area (Å²) in [5.41, 5.74) is 0. The van der Waals surface area contributed by atoms with Gasteiger partial charge in [0.15, 0.2) is 0 Å². The molecular weight excluding hydrogens is 260 g/mol. The zero-order valence-corrected chi connectivity index (χ0v) is 13.0. The maximum absolute atomic E-state index is 12.0. The summed E-state index contributed by atoms with van der Waals surface area (Å²) in [7, 11) is 0. The Hall–Kier alpha value is -1.61. The molecule has 0 saturated heterocycles. The Balaban J connectivity index is 1.69. The summed E-state index contributed by atoms with van der Waals surface area (Å²) < 4.78 is 0. The molecule has 0 bridgehead atoms. The van der Waals surface area contributed by atoms with Crippen LogP contribution in [0.5, 0.6) is 0 Å². The van der Waals surface area contributed by atoms with Crippen molar-refractivity contribution in [2.45, 2.75) is 38.8 Å². The van der Waals surface area contributed by atoms with Crippen LogP contribution in [-0.2, 0) is 4.79 Å². The molecule has 2 aliphatic carbocycles. The van der Waals surface area contributed by atoms with Crippen LogP contribution in [0.1, 0.15) is 26.7 Å². The van der Waals surface area contributed by atoms with Crippen LogP contribution in [0.15, 0.2) is 48.6 Å². The molecule has 0 saturated carbocycles. The number of allylic oxidation sites excluding steroid dienone is 6. The molecule has 0 aliphatic heterocycles. The largest absolute Gasteiger partial charge is 0.352 e. The minimum atomic E-state index is 0.0765. The van der Waals surface area contributed by atoms with Gasteiger partial charge in [0, 0.05) is 18.0 Å². The van der Waals surface area contributed by atoms with E-state index in [2.05, 4.69) is 73.1 Å². The summed E-state index contributed by atoms with van der Waals surface area (Å²) in [4.78, 5) is 12.0. The lowest BCUT2D eigenvalue weighted by molar-refractivity contribution is -0.121. The molecule has 0 heterocycles. The van der Waals surface area contributed by atoms with Crippen molar-refractivity contribution in [2.24, 2.45) is 11.8 Å². The van der Waals surface area contributed by atoms with E-state index in [1.165, 1.54) is 0 Å². The number of amides is 1. The van der Waals surface area contributed by atoms with Gasteiger partial charge >= 0.3 is 0 Å². The Kier molecular flexibility index (Phi) is 6.00. The molecular formula is C18H26N2O. The van der Waals surface area contributed by atoms with Crippen molar-refractivity contribution in [1.82, 2.24) is 10.6 Å². The van der Waals surface area contributed by atoms with Crippen molar-refractivity contribution in [2.75, 3.05) is 6.54 Å². The topological polar surface area (TPSA) is 41.1 Å². The predicted molar refractivity (Wildman–Crippen MR) is 87.8 cm³/mol. The lowest BCUT2D eigenvalue weighted by Gasteiger charge is -2.25. The standard InChI is InChI=1S/C18H26N2O/c1-14(16-9-5-3-6-10-16)19-13-18(21)20-15(2)17-11-7-4-8-12-17/h3-9,11,14-17,19H,10,12-13H2,1-2H3,(H,20,21)/t14-,15-,16?,17?/m0/s1. The van der Waals surface area contributed by atoms with Gasteiger partial charge in [-0.3, -0.25) is 4.79 Å². The third kappa shape index (κ3) is 5.01. The summed E-state index contributed by atoms with van der Waals surface area (Å²) in [6.07, 6.45) is 19.0. The molecule has 0 radical (unpaired) electrons. The highest BCUT2D eigenvalue weighted by atomic mass is 16.1. The van der Waals surface area contributed by atoms with E-state index in [4.69, 9.17) is 0 Å². The Labute approximate surface area is 127 Å². The molecule has 2 aliphatic rings. The summed E-state index contributed by atoms with van der Waals surface area (Å²) in [5.74, 6) is 0.960. The van der Waals surface area contributed by atoms with E-state index in [1.807, 2.05) is 0 Å². The van der Waals surface area contributed by atoms with Gasteiger partial charge in [-0.15, -0.1) is 0 Å². The SMILES string of the molecule is C[C@H](NCC(=O)N[C@@H](C)C1C=CC=CC1)C1C=CC=CC1. The molecule has 1 amide bonds. The second kappa shape index (κ2) is 7.99. The average molecular weight is 286 g/mol. The fraction of sp³-hybridized carbons (Fsp3) is 0.500. The molecule has 2 unspecified atom stereocenters. The first-order valence-electron chi connectivity index (χ1n) is 7.86. The molecule has 2 N–H and O–H groups in total. The minimum Gasteiger partial charge on any atom is -0.352 e. The van der Waals surface area contributed by atoms with Crippen LogP contribution in [0.25, 0.3) is 0 Å². The van der Waals surface area contributed by atoms with E-state index in [0.717, 1.165) is 12.8 Å². The maximum Gasteiger partial charge on any atom is 0.234 e.